The molecular weight excluding hydrogens is 488 g/mol. The average molecular weight is 509 g/mol. The lowest BCUT2D eigenvalue weighted by Gasteiger charge is -2.09. The number of pyridine rings is 1. The number of anilines is 1. The van der Waals surface area contributed by atoms with Crippen LogP contribution in [-0.4, -0.2) is 30.5 Å². The van der Waals surface area contributed by atoms with Gasteiger partial charge >= 0.3 is 0 Å². The maximum absolute atomic E-state index is 13.5. The van der Waals surface area contributed by atoms with Gasteiger partial charge in [-0.05, 0) is 44.5 Å². The van der Waals surface area contributed by atoms with Gasteiger partial charge in [0.2, 0.25) is 5.91 Å². The summed E-state index contributed by atoms with van der Waals surface area (Å²) in [6.07, 6.45) is -6.05. The predicted octanol–water partition coefficient (Wildman–Crippen LogP) is 5.77. The summed E-state index contributed by atoms with van der Waals surface area (Å²) in [4.78, 5) is 16.6. The van der Waals surface area contributed by atoms with Gasteiger partial charge in [0, 0.05) is 10.6 Å². The highest BCUT2D eigenvalue weighted by Crippen LogP contribution is 2.32. The monoisotopic (exact) mass is 508 g/mol. The summed E-state index contributed by atoms with van der Waals surface area (Å²) in [7, 11) is 0. The Kier molecular flexibility index (Phi) is 6.79. The van der Waals surface area contributed by atoms with E-state index in [9.17, 15) is 22.4 Å². The van der Waals surface area contributed by atoms with E-state index >= 15 is 0 Å². The van der Waals surface area contributed by atoms with Crippen LogP contribution in [0.1, 0.15) is 46.8 Å². The summed E-state index contributed by atoms with van der Waals surface area (Å²) in [5.74, 6) is -0.536. The number of hydrogen-bond donors (Lipinski definition) is 1. The van der Waals surface area contributed by atoms with Crippen LogP contribution in [0.25, 0.3) is 11.0 Å². The summed E-state index contributed by atoms with van der Waals surface area (Å²) < 4.78 is 56.4. The molecule has 4 rings (SSSR count). The fraction of sp³-hybridized carbons (Fsp3) is 0.304. The van der Waals surface area contributed by atoms with E-state index in [0.29, 0.717) is 34.7 Å². The Hall–Kier alpha value is -3.47. The third-order valence-corrected chi connectivity index (χ3v) is 5.78. The minimum absolute atomic E-state index is 0.0427. The van der Waals surface area contributed by atoms with Crippen LogP contribution in [0.5, 0.6) is 0 Å². The van der Waals surface area contributed by atoms with E-state index in [0.717, 1.165) is 10.2 Å². The SMILES string of the molecule is Cc1nn(Cc2cccc(Cl)c2)c(C)c1NC(=O)Cn1nc(C)c2c(C(F)F)cc(C(F)F)nc21. The van der Waals surface area contributed by atoms with E-state index < -0.39 is 36.6 Å². The number of carbonyl (C=O) groups is 1. The first kappa shape index (κ1) is 24.6. The molecule has 0 aliphatic rings. The molecule has 184 valence electrons. The molecule has 3 heterocycles. The van der Waals surface area contributed by atoms with Crippen LogP contribution in [0.3, 0.4) is 0 Å². The van der Waals surface area contributed by atoms with Crippen LogP contribution >= 0.6 is 11.6 Å². The summed E-state index contributed by atoms with van der Waals surface area (Å²) in [5.41, 5.74) is 1.24. The second-order valence-corrected chi connectivity index (χ2v) is 8.50. The van der Waals surface area contributed by atoms with Crippen LogP contribution in [0.2, 0.25) is 5.02 Å². The molecule has 35 heavy (non-hydrogen) atoms. The van der Waals surface area contributed by atoms with Crippen molar-refractivity contribution in [2.45, 2.75) is 46.7 Å². The Morgan fingerprint density at radius 2 is 1.74 bits per heavy atom. The fourth-order valence-corrected chi connectivity index (χ4v) is 4.17. The van der Waals surface area contributed by atoms with Crippen LogP contribution in [0, 0.1) is 20.8 Å². The number of halogens is 5. The molecule has 1 amide bonds. The molecule has 0 saturated carbocycles. The number of nitrogens with zero attached hydrogens (tertiary/aromatic N) is 5. The van der Waals surface area contributed by atoms with E-state index in [1.165, 1.54) is 6.92 Å². The third-order valence-electron chi connectivity index (χ3n) is 5.55. The maximum atomic E-state index is 13.5. The smallest absolute Gasteiger partial charge is 0.280 e. The Labute approximate surface area is 202 Å². The number of aryl methyl sites for hydroxylation is 2. The Balaban J connectivity index is 1.60. The molecular formula is C23H21ClF4N6O. The Morgan fingerprint density at radius 3 is 2.40 bits per heavy atom. The molecule has 0 aliphatic heterocycles. The largest absolute Gasteiger partial charge is 0.321 e. The van der Waals surface area contributed by atoms with Gasteiger partial charge in [-0.2, -0.15) is 10.2 Å². The number of fused-ring (bicyclic) bond motifs is 1. The summed E-state index contributed by atoms with van der Waals surface area (Å²) in [6, 6.07) is 7.99. The first-order valence-corrected chi connectivity index (χ1v) is 11.0. The number of hydrogen-bond acceptors (Lipinski definition) is 4. The van der Waals surface area contributed by atoms with Crippen molar-refractivity contribution < 1.29 is 22.4 Å². The number of alkyl halides is 4. The maximum Gasteiger partial charge on any atom is 0.280 e. The van der Waals surface area contributed by atoms with Gasteiger partial charge in [0.1, 0.15) is 12.2 Å². The van der Waals surface area contributed by atoms with Gasteiger partial charge in [-0.1, -0.05) is 23.7 Å². The van der Waals surface area contributed by atoms with Crippen molar-refractivity contribution in [1.82, 2.24) is 24.5 Å². The molecule has 0 bridgehead atoms. The van der Waals surface area contributed by atoms with Crippen LogP contribution in [0.4, 0.5) is 23.2 Å². The van der Waals surface area contributed by atoms with Crippen LogP contribution in [0.15, 0.2) is 30.3 Å². The molecule has 7 nitrogen and oxygen atoms in total. The average Bonchev–Trinajstić information content (AvgIpc) is 3.23. The minimum atomic E-state index is -3.05. The quantitative estimate of drug-likeness (QED) is 0.322. The van der Waals surface area contributed by atoms with Crippen molar-refractivity contribution in [3.05, 3.63) is 69.3 Å². The van der Waals surface area contributed by atoms with E-state index in [1.807, 2.05) is 18.2 Å². The topological polar surface area (TPSA) is 77.6 Å². The highest BCUT2D eigenvalue weighted by molar-refractivity contribution is 6.30. The van der Waals surface area contributed by atoms with Crippen molar-refractivity contribution >= 4 is 34.2 Å². The van der Waals surface area contributed by atoms with E-state index in [1.54, 1.807) is 24.6 Å². The number of rotatable bonds is 7. The van der Waals surface area contributed by atoms with Crippen molar-refractivity contribution in [3.63, 3.8) is 0 Å². The predicted molar refractivity (Wildman–Crippen MR) is 123 cm³/mol. The zero-order valence-electron chi connectivity index (χ0n) is 19.0. The zero-order valence-corrected chi connectivity index (χ0v) is 19.7. The molecule has 12 heteroatoms. The van der Waals surface area contributed by atoms with Gasteiger partial charge in [-0.25, -0.2) is 27.2 Å². The zero-order chi connectivity index (χ0) is 25.4. The minimum Gasteiger partial charge on any atom is -0.321 e. The lowest BCUT2D eigenvalue weighted by Crippen LogP contribution is -2.20. The molecule has 0 spiro atoms. The lowest BCUT2D eigenvalue weighted by atomic mass is 10.1. The van der Waals surface area contributed by atoms with E-state index in [2.05, 4.69) is 20.5 Å². The Morgan fingerprint density at radius 1 is 1.03 bits per heavy atom. The van der Waals surface area contributed by atoms with Gasteiger partial charge < -0.3 is 5.32 Å². The van der Waals surface area contributed by atoms with E-state index in [-0.39, 0.29) is 16.7 Å². The molecule has 0 unspecified atom stereocenters. The van der Waals surface area contributed by atoms with Gasteiger partial charge in [0.25, 0.3) is 12.9 Å². The van der Waals surface area contributed by atoms with Crippen molar-refractivity contribution in [3.8, 4) is 0 Å². The molecule has 4 aromatic rings. The standard InChI is InChI=1S/C23H21ClF4N6O/c1-11-19-16(21(25)26)8-17(22(27)28)29-23(19)34(31-11)10-18(35)30-20-12(2)32-33(13(20)3)9-14-5-4-6-15(24)7-14/h4-8,21-22H,9-10H2,1-3H3,(H,30,35). The molecule has 0 aliphatic carbocycles. The van der Waals surface area contributed by atoms with Crippen molar-refractivity contribution in [2.24, 2.45) is 0 Å². The molecule has 0 fully saturated rings. The number of aromatic nitrogens is 5. The summed E-state index contributed by atoms with van der Waals surface area (Å²) >= 11 is 6.05. The third kappa shape index (κ3) is 5.00. The summed E-state index contributed by atoms with van der Waals surface area (Å²) in [6.45, 7) is 5.00. The number of nitrogens with one attached hydrogen (secondary N) is 1. The van der Waals surface area contributed by atoms with Gasteiger partial charge in [-0.15, -0.1) is 0 Å². The highest BCUT2D eigenvalue weighted by Gasteiger charge is 2.24. The molecule has 1 aromatic carbocycles. The molecule has 0 atom stereocenters. The van der Waals surface area contributed by atoms with Gasteiger partial charge in [-0.3, -0.25) is 9.48 Å². The second kappa shape index (κ2) is 9.65. The Bertz CT molecular complexity index is 1420. The van der Waals surface area contributed by atoms with Gasteiger partial charge in [0.05, 0.1) is 34.7 Å². The molecule has 1 N–H and O–H groups in total. The van der Waals surface area contributed by atoms with Crippen molar-refractivity contribution in [2.75, 3.05) is 5.32 Å². The first-order valence-electron chi connectivity index (χ1n) is 10.6. The first-order chi connectivity index (χ1) is 16.5. The van der Waals surface area contributed by atoms with Crippen molar-refractivity contribution in [1.29, 1.82) is 0 Å². The highest BCUT2D eigenvalue weighted by atomic mass is 35.5. The molecule has 0 saturated heterocycles. The molecule has 3 aromatic heterocycles. The van der Waals surface area contributed by atoms with Gasteiger partial charge in [0.15, 0.2) is 5.65 Å². The normalized spacial score (nSPS) is 11.7. The van der Waals surface area contributed by atoms with Crippen LogP contribution in [-0.2, 0) is 17.9 Å². The lowest BCUT2D eigenvalue weighted by molar-refractivity contribution is -0.116. The number of benzene rings is 1. The van der Waals surface area contributed by atoms with E-state index in [4.69, 9.17) is 11.6 Å². The second-order valence-electron chi connectivity index (χ2n) is 8.06. The molecule has 0 radical (unpaired) electrons. The number of amides is 1. The van der Waals surface area contributed by atoms with Crippen LogP contribution < -0.4 is 5.32 Å². The fourth-order valence-electron chi connectivity index (χ4n) is 3.96. The number of carbonyl (C=O) groups excluding carboxylic acids is 1. The summed E-state index contributed by atoms with van der Waals surface area (Å²) in [5, 5.41) is 11.9.